The zero-order chi connectivity index (χ0) is 10.7. The Morgan fingerprint density at radius 1 is 1.53 bits per heavy atom. The molecule has 4 nitrogen and oxygen atoms in total. The van der Waals surface area contributed by atoms with Crippen molar-refractivity contribution in [2.75, 3.05) is 18.5 Å². The van der Waals surface area contributed by atoms with E-state index in [2.05, 4.69) is 37.9 Å². The van der Waals surface area contributed by atoms with E-state index in [9.17, 15) is 0 Å². The maximum Gasteiger partial charge on any atom is 0.142 e. The Kier molecular flexibility index (Phi) is 3.40. The molecule has 1 aromatic rings. The van der Waals surface area contributed by atoms with Crippen molar-refractivity contribution >= 4 is 28.4 Å². The maximum atomic E-state index is 8.94. The van der Waals surface area contributed by atoms with Crippen molar-refractivity contribution in [3.63, 3.8) is 0 Å². The molecule has 0 unspecified atom stereocenters. The van der Waals surface area contributed by atoms with Crippen molar-refractivity contribution < 1.29 is 5.11 Å². The van der Waals surface area contributed by atoms with E-state index in [0.29, 0.717) is 5.41 Å². The molecule has 0 radical (unpaired) electrons. The molecule has 0 bridgehead atoms. The first kappa shape index (κ1) is 11.1. The van der Waals surface area contributed by atoms with Crippen LogP contribution in [0.3, 0.4) is 0 Å². The second kappa shape index (κ2) is 4.61. The normalized spacial score (nSPS) is 17.5. The smallest absolute Gasteiger partial charge is 0.142 e. The molecule has 0 spiro atoms. The zero-order valence-electron chi connectivity index (χ0n) is 8.41. The first-order chi connectivity index (χ1) is 7.26. The highest BCUT2D eigenvalue weighted by atomic mass is 127. The van der Waals surface area contributed by atoms with E-state index in [0.717, 1.165) is 22.4 Å². The third-order valence-corrected chi connectivity index (χ3v) is 3.69. The molecule has 82 valence electrons. The summed E-state index contributed by atoms with van der Waals surface area (Å²) in [6, 6.07) is 0. The van der Waals surface area contributed by atoms with Crippen LogP contribution in [0.1, 0.15) is 19.3 Å². The summed E-state index contributed by atoms with van der Waals surface area (Å²) in [6.07, 6.45) is 6.66. The molecule has 5 heteroatoms. The molecule has 0 saturated heterocycles. The van der Waals surface area contributed by atoms with Gasteiger partial charge >= 0.3 is 0 Å². The van der Waals surface area contributed by atoms with Gasteiger partial charge in [0.2, 0.25) is 0 Å². The monoisotopic (exact) mass is 319 g/mol. The molecule has 0 atom stereocenters. The maximum absolute atomic E-state index is 8.94. The summed E-state index contributed by atoms with van der Waals surface area (Å²) < 4.78 is 1.04. The largest absolute Gasteiger partial charge is 0.396 e. The van der Waals surface area contributed by atoms with E-state index < -0.39 is 0 Å². The zero-order valence-corrected chi connectivity index (χ0v) is 10.6. The van der Waals surface area contributed by atoms with Crippen LogP contribution in [0.15, 0.2) is 12.5 Å². The summed E-state index contributed by atoms with van der Waals surface area (Å²) in [7, 11) is 0. The molecule has 1 saturated carbocycles. The van der Waals surface area contributed by atoms with E-state index in [1.54, 1.807) is 12.5 Å². The average Bonchev–Trinajstić information content (AvgIpc) is 2.98. The molecule has 1 aromatic heterocycles. The van der Waals surface area contributed by atoms with Crippen LogP contribution in [-0.4, -0.2) is 28.2 Å². The summed E-state index contributed by atoms with van der Waals surface area (Å²) in [6.45, 7) is 1.18. The Labute approximate surface area is 103 Å². The SMILES string of the molecule is OCCC1(CNc2ncncc2I)CC1. The van der Waals surface area contributed by atoms with Crippen LogP contribution < -0.4 is 5.32 Å². The van der Waals surface area contributed by atoms with Gasteiger partial charge in [0.25, 0.3) is 0 Å². The summed E-state index contributed by atoms with van der Waals surface area (Å²) >= 11 is 2.22. The first-order valence-corrected chi connectivity index (χ1v) is 6.14. The van der Waals surface area contributed by atoms with E-state index in [4.69, 9.17) is 5.11 Å². The number of aliphatic hydroxyl groups is 1. The lowest BCUT2D eigenvalue weighted by Crippen LogP contribution is -2.18. The Balaban J connectivity index is 1.91. The Morgan fingerprint density at radius 2 is 2.33 bits per heavy atom. The number of aromatic nitrogens is 2. The number of anilines is 1. The summed E-state index contributed by atoms with van der Waals surface area (Å²) in [4.78, 5) is 8.12. The van der Waals surface area contributed by atoms with Crippen molar-refractivity contribution in [3.05, 3.63) is 16.1 Å². The predicted octanol–water partition coefficient (Wildman–Crippen LogP) is 1.66. The van der Waals surface area contributed by atoms with Gasteiger partial charge in [-0.1, -0.05) is 0 Å². The molecule has 1 heterocycles. The minimum atomic E-state index is 0.280. The fourth-order valence-electron chi connectivity index (χ4n) is 1.64. The van der Waals surface area contributed by atoms with Gasteiger partial charge in [-0.3, -0.25) is 0 Å². The first-order valence-electron chi connectivity index (χ1n) is 5.06. The fourth-order valence-corrected chi connectivity index (χ4v) is 2.13. The van der Waals surface area contributed by atoms with Gasteiger partial charge in [-0.25, -0.2) is 9.97 Å². The molecule has 0 aliphatic heterocycles. The molecule has 1 fully saturated rings. The number of nitrogens with zero attached hydrogens (tertiary/aromatic N) is 2. The van der Waals surface area contributed by atoms with Crippen LogP contribution in [0, 0.1) is 8.99 Å². The molecular weight excluding hydrogens is 305 g/mol. The molecule has 15 heavy (non-hydrogen) atoms. The number of rotatable bonds is 5. The van der Waals surface area contributed by atoms with Crippen molar-refractivity contribution in [2.45, 2.75) is 19.3 Å². The highest BCUT2D eigenvalue weighted by molar-refractivity contribution is 14.1. The standard InChI is InChI=1S/C10H14IN3O/c11-8-5-12-7-14-9(8)13-6-10(1-2-10)3-4-15/h5,7,15H,1-4,6H2,(H,12,13,14). The van der Waals surface area contributed by atoms with Crippen molar-refractivity contribution in [2.24, 2.45) is 5.41 Å². The number of aliphatic hydroxyl groups excluding tert-OH is 1. The molecular formula is C10H14IN3O. The van der Waals surface area contributed by atoms with Crippen molar-refractivity contribution in [1.29, 1.82) is 0 Å². The number of hydrogen-bond donors (Lipinski definition) is 2. The van der Waals surface area contributed by atoms with Gasteiger partial charge in [-0.15, -0.1) is 0 Å². The van der Waals surface area contributed by atoms with Crippen LogP contribution in [0.5, 0.6) is 0 Å². The third kappa shape index (κ3) is 2.78. The van der Waals surface area contributed by atoms with Gasteiger partial charge in [-0.05, 0) is 47.3 Å². The van der Waals surface area contributed by atoms with Crippen LogP contribution in [-0.2, 0) is 0 Å². The lowest BCUT2D eigenvalue weighted by molar-refractivity contribution is 0.253. The quantitative estimate of drug-likeness (QED) is 0.811. The van der Waals surface area contributed by atoms with Crippen molar-refractivity contribution in [3.8, 4) is 0 Å². The number of halogens is 1. The fraction of sp³-hybridized carbons (Fsp3) is 0.600. The number of hydrogen-bond acceptors (Lipinski definition) is 4. The summed E-state index contributed by atoms with van der Waals surface area (Å²) in [5.74, 6) is 0.898. The number of nitrogens with one attached hydrogen (secondary N) is 1. The lowest BCUT2D eigenvalue weighted by atomic mass is 10.0. The molecule has 0 aromatic carbocycles. The van der Waals surface area contributed by atoms with E-state index in [-0.39, 0.29) is 6.61 Å². The van der Waals surface area contributed by atoms with Crippen LogP contribution in [0.4, 0.5) is 5.82 Å². The van der Waals surface area contributed by atoms with E-state index in [1.807, 2.05) is 0 Å². The molecule has 2 N–H and O–H groups in total. The van der Waals surface area contributed by atoms with Crippen LogP contribution in [0.25, 0.3) is 0 Å². The van der Waals surface area contributed by atoms with Gasteiger partial charge in [0.15, 0.2) is 0 Å². The van der Waals surface area contributed by atoms with Crippen LogP contribution in [0.2, 0.25) is 0 Å². The van der Waals surface area contributed by atoms with E-state index >= 15 is 0 Å². The average molecular weight is 319 g/mol. The topological polar surface area (TPSA) is 58.0 Å². The van der Waals surface area contributed by atoms with Gasteiger partial charge in [-0.2, -0.15) is 0 Å². The minimum Gasteiger partial charge on any atom is -0.396 e. The highest BCUT2D eigenvalue weighted by Crippen LogP contribution is 2.48. The van der Waals surface area contributed by atoms with Gasteiger partial charge < -0.3 is 10.4 Å². The minimum absolute atomic E-state index is 0.280. The molecule has 1 aliphatic rings. The van der Waals surface area contributed by atoms with Crippen LogP contribution >= 0.6 is 22.6 Å². The Morgan fingerprint density at radius 3 is 2.93 bits per heavy atom. The van der Waals surface area contributed by atoms with E-state index in [1.165, 1.54) is 12.8 Å². The molecule has 0 amide bonds. The van der Waals surface area contributed by atoms with Gasteiger partial charge in [0.1, 0.15) is 12.1 Å². The second-order valence-corrected chi connectivity index (χ2v) is 5.21. The molecule has 2 rings (SSSR count). The lowest BCUT2D eigenvalue weighted by Gasteiger charge is -2.15. The highest BCUT2D eigenvalue weighted by Gasteiger charge is 2.41. The Bertz CT molecular complexity index is 341. The third-order valence-electron chi connectivity index (χ3n) is 2.90. The molecule has 1 aliphatic carbocycles. The Hall–Kier alpha value is -0.430. The van der Waals surface area contributed by atoms with Crippen molar-refractivity contribution in [1.82, 2.24) is 9.97 Å². The second-order valence-electron chi connectivity index (χ2n) is 4.05. The summed E-state index contributed by atoms with van der Waals surface area (Å²) in [5, 5.41) is 12.3. The van der Waals surface area contributed by atoms with Gasteiger partial charge in [0.05, 0.1) is 3.57 Å². The predicted molar refractivity (Wildman–Crippen MR) is 66.6 cm³/mol. The summed E-state index contributed by atoms with van der Waals surface area (Å²) in [5.41, 5.74) is 0.322. The van der Waals surface area contributed by atoms with Gasteiger partial charge in [0, 0.05) is 19.3 Å².